The molecule has 170 valence electrons. The zero-order valence-electron chi connectivity index (χ0n) is 18.2. The van der Waals surface area contributed by atoms with Crippen LogP contribution in [0.4, 0.5) is 15.8 Å². The number of nitrogens with one attached hydrogen (secondary N) is 1. The number of hydrogen-bond donors (Lipinski definition) is 1. The highest BCUT2D eigenvalue weighted by Gasteiger charge is 2.28. The molecule has 2 aliphatic heterocycles. The van der Waals surface area contributed by atoms with Gasteiger partial charge in [-0.15, -0.1) is 0 Å². The highest BCUT2D eigenvalue weighted by molar-refractivity contribution is 6.39. The summed E-state index contributed by atoms with van der Waals surface area (Å²) in [5.74, 6) is -0.884. The van der Waals surface area contributed by atoms with Crippen molar-refractivity contribution in [2.45, 2.75) is 25.9 Å². The number of hydrogen-bond acceptors (Lipinski definition) is 5. The average molecular weight is 442 g/mol. The van der Waals surface area contributed by atoms with E-state index in [9.17, 15) is 14.0 Å². The van der Waals surface area contributed by atoms with Crippen LogP contribution in [-0.4, -0.2) is 62.2 Å². The summed E-state index contributed by atoms with van der Waals surface area (Å²) in [6, 6.07) is 11.8. The fourth-order valence-corrected chi connectivity index (χ4v) is 3.96. The summed E-state index contributed by atoms with van der Waals surface area (Å²) in [5, 5.41) is 2.79. The smallest absolute Gasteiger partial charge is 0.313 e. The molecule has 0 spiro atoms. The molecule has 7 nitrogen and oxygen atoms in total. The molecule has 0 unspecified atom stereocenters. The van der Waals surface area contributed by atoms with E-state index in [1.54, 1.807) is 17.0 Å². The van der Waals surface area contributed by atoms with Crippen molar-refractivity contribution in [2.75, 3.05) is 49.6 Å². The van der Waals surface area contributed by atoms with Gasteiger partial charge in [-0.05, 0) is 48.9 Å². The molecule has 2 aromatic rings. The lowest BCUT2D eigenvalue weighted by Gasteiger charge is -2.32. The monoisotopic (exact) mass is 441 g/mol. The van der Waals surface area contributed by atoms with E-state index in [2.05, 4.69) is 10.2 Å². The van der Waals surface area contributed by atoms with Crippen LogP contribution in [0.2, 0.25) is 0 Å². The van der Waals surface area contributed by atoms with E-state index in [0.29, 0.717) is 50.6 Å². The number of halogens is 1. The highest BCUT2D eigenvalue weighted by atomic mass is 19.1. The predicted molar refractivity (Wildman–Crippen MR) is 119 cm³/mol. The van der Waals surface area contributed by atoms with Crippen LogP contribution in [0.5, 0.6) is 5.75 Å². The molecule has 32 heavy (non-hydrogen) atoms. The molecule has 1 N–H and O–H groups in total. The van der Waals surface area contributed by atoms with E-state index < -0.39 is 11.8 Å². The van der Waals surface area contributed by atoms with Crippen molar-refractivity contribution in [1.82, 2.24) is 4.90 Å². The lowest BCUT2D eigenvalue weighted by atomic mass is 10.1. The number of carbonyl (C=O) groups excluding carboxylic acids is 2. The summed E-state index contributed by atoms with van der Waals surface area (Å²) >= 11 is 0. The fourth-order valence-electron chi connectivity index (χ4n) is 3.96. The van der Waals surface area contributed by atoms with Crippen molar-refractivity contribution in [2.24, 2.45) is 0 Å². The van der Waals surface area contributed by atoms with E-state index in [1.807, 2.05) is 25.1 Å². The highest BCUT2D eigenvalue weighted by Crippen LogP contribution is 2.25. The van der Waals surface area contributed by atoms with E-state index >= 15 is 0 Å². The number of morpholine rings is 1. The Kier molecular flexibility index (Phi) is 6.90. The van der Waals surface area contributed by atoms with Crippen molar-refractivity contribution >= 4 is 23.2 Å². The maximum Gasteiger partial charge on any atom is 0.313 e. The Morgan fingerprint density at radius 1 is 1.03 bits per heavy atom. The van der Waals surface area contributed by atoms with Crippen LogP contribution in [0.15, 0.2) is 42.5 Å². The quantitative estimate of drug-likeness (QED) is 0.739. The third-order valence-electron chi connectivity index (χ3n) is 5.89. The van der Waals surface area contributed by atoms with Gasteiger partial charge in [-0.2, -0.15) is 0 Å². The topological polar surface area (TPSA) is 71.1 Å². The number of rotatable bonds is 4. The molecule has 0 saturated carbocycles. The molecule has 8 heteroatoms. The molecule has 2 amide bonds. The number of benzene rings is 2. The maximum absolute atomic E-state index is 13.0. The molecule has 4 rings (SSSR count). The first-order valence-electron chi connectivity index (χ1n) is 11.0. The summed E-state index contributed by atoms with van der Waals surface area (Å²) in [7, 11) is 0. The minimum atomic E-state index is -0.634. The van der Waals surface area contributed by atoms with Gasteiger partial charge >= 0.3 is 11.8 Å². The van der Waals surface area contributed by atoms with Gasteiger partial charge in [0.15, 0.2) is 0 Å². The Morgan fingerprint density at radius 3 is 2.41 bits per heavy atom. The number of amides is 2. The Morgan fingerprint density at radius 2 is 1.72 bits per heavy atom. The number of nitrogens with zero attached hydrogens (tertiary/aromatic N) is 2. The van der Waals surface area contributed by atoms with Crippen molar-refractivity contribution in [1.29, 1.82) is 0 Å². The minimum absolute atomic E-state index is 0.0694. The Hall–Kier alpha value is -3.13. The Labute approximate surface area is 187 Å². The molecule has 2 fully saturated rings. The first-order valence-corrected chi connectivity index (χ1v) is 11.0. The minimum Gasteiger partial charge on any atom is -0.490 e. The number of anilines is 2. The molecule has 0 aliphatic carbocycles. The molecule has 2 aromatic carbocycles. The SMILES string of the molecule is Cc1ccc(N2CCOCC2)cc1NC(=O)C(=O)N1CCC(Oc2ccc(F)cc2)CC1. The summed E-state index contributed by atoms with van der Waals surface area (Å²) in [6.45, 7) is 5.72. The normalized spacial score (nSPS) is 17.2. The average Bonchev–Trinajstić information content (AvgIpc) is 2.82. The molecule has 0 aromatic heterocycles. The number of likely N-dealkylation sites (tertiary alicyclic amines) is 1. The van der Waals surface area contributed by atoms with Gasteiger partial charge in [-0.1, -0.05) is 6.07 Å². The zero-order chi connectivity index (χ0) is 22.5. The van der Waals surface area contributed by atoms with Gasteiger partial charge in [0.2, 0.25) is 0 Å². The van der Waals surface area contributed by atoms with Gasteiger partial charge in [0, 0.05) is 50.4 Å². The third-order valence-corrected chi connectivity index (χ3v) is 5.89. The summed E-state index contributed by atoms with van der Waals surface area (Å²) in [5.41, 5.74) is 2.54. The summed E-state index contributed by atoms with van der Waals surface area (Å²) in [6.07, 6.45) is 1.16. The van der Waals surface area contributed by atoms with E-state index in [-0.39, 0.29) is 11.9 Å². The van der Waals surface area contributed by atoms with E-state index in [1.165, 1.54) is 12.1 Å². The van der Waals surface area contributed by atoms with Crippen LogP contribution < -0.4 is 15.0 Å². The lowest BCUT2D eigenvalue weighted by Crippen LogP contribution is -2.46. The number of piperidine rings is 1. The second-order valence-corrected chi connectivity index (χ2v) is 8.12. The molecule has 2 heterocycles. The maximum atomic E-state index is 13.0. The Bertz CT molecular complexity index is 952. The van der Waals surface area contributed by atoms with Gasteiger partial charge in [-0.25, -0.2) is 4.39 Å². The Balaban J connectivity index is 1.31. The second kappa shape index (κ2) is 9.99. The van der Waals surface area contributed by atoms with Crippen molar-refractivity contribution < 1.29 is 23.5 Å². The van der Waals surface area contributed by atoms with Gasteiger partial charge in [0.05, 0.1) is 13.2 Å². The first-order chi connectivity index (χ1) is 15.5. The van der Waals surface area contributed by atoms with Crippen molar-refractivity contribution in [3.63, 3.8) is 0 Å². The van der Waals surface area contributed by atoms with Crippen LogP contribution in [-0.2, 0) is 14.3 Å². The standard InChI is InChI=1S/C24H28FN3O4/c1-17-2-5-19(27-12-14-31-15-13-27)16-22(17)26-23(29)24(30)28-10-8-21(9-11-28)32-20-6-3-18(25)4-7-20/h2-7,16,21H,8-15H2,1H3,(H,26,29). The fraction of sp³-hybridized carbons (Fsp3) is 0.417. The second-order valence-electron chi connectivity index (χ2n) is 8.12. The van der Waals surface area contributed by atoms with Gasteiger partial charge in [0.25, 0.3) is 0 Å². The van der Waals surface area contributed by atoms with E-state index in [4.69, 9.17) is 9.47 Å². The zero-order valence-corrected chi connectivity index (χ0v) is 18.2. The third kappa shape index (κ3) is 5.37. The molecule has 2 saturated heterocycles. The summed E-state index contributed by atoms with van der Waals surface area (Å²) < 4.78 is 24.3. The summed E-state index contributed by atoms with van der Waals surface area (Å²) in [4.78, 5) is 29.1. The van der Waals surface area contributed by atoms with Crippen LogP contribution >= 0.6 is 0 Å². The van der Waals surface area contributed by atoms with Gasteiger partial charge in [-0.3, -0.25) is 9.59 Å². The van der Waals surface area contributed by atoms with Crippen LogP contribution in [0, 0.1) is 12.7 Å². The van der Waals surface area contributed by atoms with Crippen LogP contribution in [0.3, 0.4) is 0 Å². The van der Waals surface area contributed by atoms with Gasteiger partial charge in [0.1, 0.15) is 17.7 Å². The van der Waals surface area contributed by atoms with Crippen molar-refractivity contribution in [3.8, 4) is 5.75 Å². The van der Waals surface area contributed by atoms with Crippen LogP contribution in [0.25, 0.3) is 0 Å². The van der Waals surface area contributed by atoms with Gasteiger partial charge < -0.3 is 24.6 Å². The van der Waals surface area contributed by atoms with Crippen LogP contribution in [0.1, 0.15) is 18.4 Å². The predicted octanol–water partition coefficient (Wildman–Crippen LogP) is 2.98. The largest absolute Gasteiger partial charge is 0.490 e. The first kappa shape index (κ1) is 22.1. The number of carbonyl (C=O) groups is 2. The molecular weight excluding hydrogens is 413 g/mol. The number of aryl methyl sites for hydroxylation is 1. The van der Waals surface area contributed by atoms with E-state index in [0.717, 1.165) is 24.3 Å². The number of ether oxygens (including phenoxy) is 2. The molecule has 0 radical (unpaired) electrons. The molecule has 0 bridgehead atoms. The molecular formula is C24H28FN3O4. The lowest BCUT2D eigenvalue weighted by molar-refractivity contribution is -0.144. The van der Waals surface area contributed by atoms with Crippen molar-refractivity contribution in [3.05, 3.63) is 53.8 Å². The molecule has 2 aliphatic rings. The molecule has 0 atom stereocenters.